The van der Waals surface area contributed by atoms with Crippen LogP contribution in [0.4, 0.5) is 0 Å². The van der Waals surface area contributed by atoms with Crippen LogP contribution >= 0.6 is 23.4 Å². The molecule has 0 saturated heterocycles. The Morgan fingerprint density at radius 1 is 1.39 bits per heavy atom. The Bertz CT molecular complexity index is 577. The van der Waals surface area contributed by atoms with Crippen molar-refractivity contribution in [2.45, 2.75) is 6.92 Å². The first-order chi connectivity index (χ1) is 8.66. The molecule has 0 unspecified atom stereocenters. The molecule has 0 fully saturated rings. The monoisotopic (exact) mass is 278 g/mol. The molecule has 18 heavy (non-hydrogen) atoms. The molecule has 2 aliphatic heterocycles. The van der Waals surface area contributed by atoms with Gasteiger partial charge >= 0.3 is 0 Å². The van der Waals surface area contributed by atoms with Crippen LogP contribution in [0.2, 0.25) is 5.02 Å². The summed E-state index contributed by atoms with van der Waals surface area (Å²) in [4.78, 5) is 19.7. The second kappa shape index (κ2) is 4.44. The number of aliphatic imine (C=N–C) groups is 1. The molecule has 0 atom stereocenters. The number of hydrogen-bond acceptors (Lipinski definition) is 4. The minimum atomic E-state index is 0.0475. The van der Waals surface area contributed by atoms with Gasteiger partial charge in [0.05, 0.1) is 11.4 Å². The van der Waals surface area contributed by atoms with E-state index in [0.29, 0.717) is 10.6 Å². The number of benzene rings is 1. The number of allylic oxidation sites excluding steroid dienone is 2. The second-order valence-electron chi connectivity index (χ2n) is 4.17. The maximum Gasteiger partial charge on any atom is 0.201 e. The lowest BCUT2D eigenvalue weighted by Gasteiger charge is -2.11. The van der Waals surface area contributed by atoms with Gasteiger partial charge in [0, 0.05) is 22.8 Å². The van der Waals surface area contributed by atoms with Crippen molar-refractivity contribution in [3.8, 4) is 0 Å². The minimum Gasteiger partial charge on any atom is -0.322 e. The number of carbonyl (C=O) groups is 1. The summed E-state index contributed by atoms with van der Waals surface area (Å²) in [6.45, 7) is 3.68. The van der Waals surface area contributed by atoms with Crippen LogP contribution in [-0.2, 0) is 0 Å². The third kappa shape index (κ3) is 1.85. The minimum absolute atomic E-state index is 0.0475. The van der Waals surface area contributed by atoms with Crippen molar-refractivity contribution in [1.29, 1.82) is 0 Å². The number of nitrogens with zero attached hydrogens (tertiary/aromatic N) is 2. The third-order valence-electron chi connectivity index (χ3n) is 3.04. The number of amidine groups is 1. The molecule has 92 valence electrons. The Hall–Kier alpha value is -1.26. The van der Waals surface area contributed by atoms with Crippen molar-refractivity contribution in [1.82, 2.24) is 4.90 Å². The molecule has 1 aromatic carbocycles. The molecule has 2 heterocycles. The van der Waals surface area contributed by atoms with Crippen LogP contribution in [0.3, 0.4) is 0 Å². The summed E-state index contributed by atoms with van der Waals surface area (Å²) in [6, 6.07) is 7.00. The van der Waals surface area contributed by atoms with Gasteiger partial charge in [0.2, 0.25) is 5.78 Å². The van der Waals surface area contributed by atoms with Crippen molar-refractivity contribution in [2.75, 3.05) is 13.1 Å². The highest BCUT2D eigenvalue weighted by Gasteiger charge is 2.33. The summed E-state index contributed by atoms with van der Waals surface area (Å²) < 4.78 is 0. The number of carbonyl (C=O) groups excluding carboxylic acids is 1. The predicted octanol–water partition coefficient (Wildman–Crippen LogP) is 3.17. The fraction of sp³-hybridized carbons (Fsp3) is 0.231. The van der Waals surface area contributed by atoms with Crippen LogP contribution in [0, 0.1) is 0 Å². The topological polar surface area (TPSA) is 32.7 Å². The van der Waals surface area contributed by atoms with Crippen molar-refractivity contribution in [3.63, 3.8) is 0 Å². The lowest BCUT2D eigenvalue weighted by atomic mass is 10.1. The van der Waals surface area contributed by atoms with Gasteiger partial charge < -0.3 is 4.90 Å². The Balaban J connectivity index is 1.92. The molecule has 2 aliphatic rings. The Morgan fingerprint density at radius 3 is 2.78 bits per heavy atom. The van der Waals surface area contributed by atoms with Crippen molar-refractivity contribution in [2.24, 2.45) is 4.99 Å². The van der Waals surface area contributed by atoms with E-state index in [9.17, 15) is 4.79 Å². The number of fused-ring (bicyclic) bond motifs is 1. The number of Topliss-reactive ketones (excluding diaryl/α,β-unsaturated/α-hetero) is 1. The standard InChI is InChI=1S/C13H11ClN2OS/c1-8-12(18-13-15-6-7-16(8)13)11(17)9-2-4-10(14)5-3-9/h2-5H,6-7H2,1H3. The molecule has 0 aliphatic carbocycles. The van der Waals surface area contributed by atoms with E-state index in [-0.39, 0.29) is 5.78 Å². The molecule has 0 spiro atoms. The first kappa shape index (κ1) is 11.8. The highest BCUT2D eigenvalue weighted by atomic mass is 35.5. The van der Waals surface area contributed by atoms with Gasteiger partial charge in [0.15, 0.2) is 5.17 Å². The third-order valence-corrected chi connectivity index (χ3v) is 4.51. The van der Waals surface area contributed by atoms with E-state index in [4.69, 9.17) is 11.6 Å². The average molecular weight is 279 g/mol. The molecule has 3 nitrogen and oxygen atoms in total. The number of ketones is 1. The SMILES string of the molecule is CC1=C(C(=O)c2ccc(Cl)cc2)SC2=NCCN21. The van der Waals surface area contributed by atoms with Crippen molar-refractivity contribution >= 4 is 34.3 Å². The molecular formula is C13H11ClN2OS. The van der Waals surface area contributed by atoms with Gasteiger partial charge in [-0.25, -0.2) is 0 Å². The first-order valence-electron chi connectivity index (χ1n) is 5.68. The highest BCUT2D eigenvalue weighted by molar-refractivity contribution is 8.18. The van der Waals surface area contributed by atoms with Crippen LogP contribution in [0.1, 0.15) is 17.3 Å². The maximum atomic E-state index is 12.4. The Labute approximate surface area is 115 Å². The van der Waals surface area contributed by atoms with E-state index in [0.717, 1.165) is 28.9 Å². The molecule has 0 radical (unpaired) electrons. The zero-order chi connectivity index (χ0) is 12.7. The largest absolute Gasteiger partial charge is 0.322 e. The van der Waals surface area contributed by atoms with Crippen molar-refractivity contribution in [3.05, 3.63) is 45.5 Å². The zero-order valence-electron chi connectivity index (χ0n) is 9.81. The smallest absolute Gasteiger partial charge is 0.201 e. The van der Waals surface area contributed by atoms with E-state index < -0.39 is 0 Å². The van der Waals surface area contributed by atoms with E-state index >= 15 is 0 Å². The Morgan fingerprint density at radius 2 is 2.11 bits per heavy atom. The number of halogens is 1. The lowest BCUT2D eigenvalue weighted by Crippen LogP contribution is -2.19. The summed E-state index contributed by atoms with van der Waals surface area (Å²) >= 11 is 7.30. The van der Waals surface area contributed by atoms with Crippen LogP contribution < -0.4 is 0 Å². The molecule has 5 heteroatoms. The maximum absolute atomic E-state index is 12.4. The van der Waals surface area contributed by atoms with E-state index in [2.05, 4.69) is 9.89 Å². The van der Waals surface area contributed by atoms with Crippen LogP contribution in [0.15, 0.2) is 39.9 Å². The van der Waals surface area contributed by atoms with Gasteiger partial charge in [-0.15, -0.1) is 0 Å². The molecular weight excluding hydrogens is 268 g/mol. The summed E-state index contributed by atoms with van der Waals surface area (Å²) in [5, 5.41) is 1.59. The van der Waals surface area contributed by atoms with Crippen LogP contribution in [0.5, 0.6) is 0 Å². The summed E-state index contributed by atoms with van der Waals surface area (Å²) in [5.41, 5.74) is 1.68. The van der Waals surface area contributed by atoms with Crippen LogP contribution in [0.25, 0.3) is 0 Å². The average Bonchev–Trinajstić information content (AvgIpc) is 2.93. The molecule has 0 bridgehead atoms. The molecule has 0 amide bonds. The molecule has 0 aromatic heterocycles. The molecule has 1 aromatic rings. The van der Waals surface area contributed by atoms with Crippen LogP contribution in [-0.4, -0.2) is 28.9 Å². The second-order valence-corrected chi connectivity index (χ2v) is 5.58. The summed E-state index contributed by atoms with van der Waals surface area (Å²) in [6.07, 6.45) is 0. The quantitative estimate of drug-likeness (QED) is 0.779. The predicted molar refractivity (Wildman–Crippen MR) is 75.1 cm³/mol. The number of hydrogen-bond donors (Lipinski definition) is 0. The first-order valence-corrected chi connectivity index (χ1v) is 6.87. The molecule has 0 N–H and O–H groups in total. The van der Waals surface area contributed by atoms with Gasteiger partial charge in [-0.3, -0.25) is 9.79 Å². The van der Waals surface area contributed by atoms with Gasteiger partial charge in [-0.1, -0.05) is 11.6 Å². The van der Waals surface area contributed by atoms with E-state index in [1.165, 1.54) is 11.8 Å². The van der Waals surface area contributed by atoms with Crippen molar-refractivity contribution < 1.29 is 4.79 Å². The van der Waals surface area contributed by atoms with Gasteiger partial charge in [-0.2, -0.15) is 0 Å². The van der Waals surface area contributed by atoms with Gasteiger partial charge in [-0.05, 0) is 43.0 Å². The van der Waals surface area contributed by atoms with Gasteiger partial charge in [0.25, 0.3) is 0 Å². The summed E-state index contributed by atoms with van der Waals surface area (Å²) in [5.74, 6) is 0.0475. The number of thioether (sulfide) groups is 1. The van der Waals surface area contributed by atoms with E-state index in [1.54, 1.807) is 24.3 Å². The lowest BCUT2D eigenvalue weighted by molar-refractivity contribution is 0.104. The zero-order valence-corrected chi connectivity index (χ0v) is 11.4. The summed E-state index contributed by atoms with van der Waals surface area (Å²) in [7, 11) is 0. The Kier molecular flexibility index (Phi) is 2.92. The highest BCUT2D eigenvalue weighted by Crippen LogP contribution is 2.37. The van der Waals surface area contributed by atoms with Gasteiger partial charge in [0.1, 0.15) is 0 Å². The fourth-order valence-corrected chi connectivity index (χ4v) is 3.33. The number of rotatable bonds is 2. The normalized spacial score (nSPS) is 18.1. The fourth-order valence-electron chi connectivity index (χ4n) is 2.06. The molecule has 3 rings (SSSR count). The van der Waals surface area contributed by atoms with E-state index in [1.807, 2.05) is 6.92 Å². The molecule has 0 saturated carbocycles.